The minimum atomic E-state index is -0.245. The lowest BCUT2D eigenvalue weighted by Gasteiger charge is -2.14. The topological polar surface area (TPSA) is 64.0 Å². The predicted octanol–water partition coefficient (Wildman–Crippen LogP) is 7.45. The van der Waals surface area contributed by atoms with Gasteiger partial charge in [-0.05, 0) is 85.0 Å². The van der Waals surface area contributed by atoms with E-state index in [9.17, 15) is 9.59 Å². The Morgan fingerprint density at radius 2 is 1.64 bits per heavy atom. The molecular weight excluding hydrogens is 526 g/mol. The van der Waals surface area contributed by atoms with Crippen molar-refractivity contribution in [2.45, 2.75) is 37.7 Å². The van der Waals surface area contributed by atoms with Gasteiger partial charge in [0.25, 0.3) is 11.5 Å². The lowest BCUT2D eigenvalue weighted by atomic mass is 10.1. The summed E-state index contributed by atoms with van der Waals surface area (Å²) in [6, 6.07) is 28.7. The fourth-order valence-corrected chi connectivity index (χ4v) is 5.74. The number of nitrogens with one attached hydrogen (secondary N) is 1. The van der Waals surface area contributed by atoms with E-state index in [4.69, 9.17) is 16.6 Å². The van der Waals surface area contributed by atoms with Crippen molar-refractivity contribution in [1.82, 2.24) is 9.55 Å². The molecule has 5 aromatic rings. The summed E-state index contributed by atoms with van der Waals surface area (Å²) in [5, 5.41) is 4.73. The summed E-state index contributed by atoms with van der Waals surface area (Å²) in [6.45, 7) is 4.49. The van der Waals surface area contributed by atoms with Crippen molar-refractivity contribution < 1.29 is 4.79 Å². The van der Waals surface area contributed by atoms with Crippen molar-refractivity contribution in [3.8, 4) is 0 Å². The zero-order chi connectivity index (χ0) is 27.4. The number of thioether (sulfide) groups is 1. The van der Waals surface area contributed by atoms with Crippen LogP contribution in [0.1, 0.15) is 32.6 Å². The molecule has 0 aliphatic rings. The third-order valence-corrected chi connectivity index (χ3v) is 7.67. The molecule has 0 saturated carbocycles. The zero-order valence-electron chi connectivity index (χ0n) is 21.8. The van der Waals surface area contributed by atoms with E-state index in [1.807, 2.05) is 68.4 Å². The Labute approximate surface area is 236 Å². The molecule has 0 saturated heterocycles. The molecule has 0 aliphatic heterocycles. The highest BCUT2D eigenvalue weighted by Gasteiger charge is 2.15. The van der Waals surface area contributed by atoms with Crippen LogP contribution in [0.4, 0.5) is 5.69 Å². The fraction of sp³-hybridized carbons (Fsp3) is 0.156. The number of nitrogens with zero attached hydrogens (tertiary/aromatic N) is 2. The standard InChI is InChI=1S/C32H28ClN3O2S/c1-21-15-22(2)17-27(16-21)34-30(37)25-11-12-28-29(19-25)35-32(39-20-24-9-6-10-26(33)18-24)36(31(28)38)14-13-23-7-4-3-5-8-23/h3-12,15-19H,13-14,20H2,1-2H3,(H,34,37). The molecule has 0 bridgehead atoms. The molecule has 0 aliphatic carbocycles. The number of carbonyl (C=O) groups excluding carboxylic acids is 1. The van der Waals surface area contributed by atoms with Crippen LogP contribution in [-0.4, -0.2) is 15.5 Å². The number of benzene rings is 4. The minimum absolute atomic E-state index is 0.120. The van der Waals surface area contributed by atoms with Crippen LogP contribution in [0.5, 0.6) is 0 Å². The molecule has 1 aromatic heterocycles. The zero-order valence-corrected chi connectivity index (χ0v) is 23.4. The Bertz CT molecular complexity index is 1700. The van der Waals surface area contributed by atoms with E-state index >= 15 is 0 Å². The van der Waals surface area contributed by atoms with E-state index in [2.05, 4.69) is 23.5 Å². The second-order valence-corrected chi connectivity index (χ2v) is 10.9. The first-order chi connectivity index (χ1) is 18.9. The van der Waals surface area contributed by atoms with Crippen molar-refractivity contribution in [1.29, 1.82) is 0 Å². The monoisotopic (exact) mass is 553 g/mol. The summed E-state index contributed by atoms with van der Waals surface area (Å²) < 4.78 is 1.74. The third kappa shape index (κ3) is 6.59. The van der Waals surface area contributed by atoms with Crippen LogP contribution < -0.4 is 10.9 Å². The number of hydrogen-bond donors (Lipinski definition) is 1. The minimum Gasteiger partial charge on any atom is -0.322 e. The van der Waals surface area contributed by atoms with Gasteiger partial charge < -0.3 is 5.32 Å². The molecule has 196 valence electrons. The summed E-state index contributed by atoms with van der Waals surface area (Å²) in [5.41, 5.74) is 5.89. The molecule has 1 amide bonds. The third-order valence-electron chi connectivity index (χ3n) is 6.39. The Hall–Kier alpha value is -3.87. The number of anilines is 1. The maximum absolute atomic E-state index is 13.7. The molecule has 5 rings (SSSR count). The Morgan fingerprint density at radius 1 is 0.897 bits per heavy atom. The second kappa shape index (κ2) is 11.9. The van der Waals surface area contributed by atoms with E-state index in [-0.39, 0.29) is 11.5 Å². The average Bonchev–Trinajstić information content (AvgIpc) is 2.91. The predicted molar refractivity (Wildman–Crippen MR) is 161 cm³/mol. The van der Waals surface area contributed by atoms with Crippen LogP contribution in [0.25, 0.3) is 10.9 Å². The van der Waals surface area contributed by atoms with Gasteiger partial charge >= 0.3 is 0 Å². The molecule has 1 N–H and O–H groups in total. The Morgan fingerprint density at radius 3 is 2.38 bits per heavy atom. The van der Waals surface area contributed by atoms with Gasteiger partial charge in [0, 0.05) is 28.6 Å². The number of halogens is 1. The number of carbonyl (C=O) groups is 1. The SMILES string of the molecule is Cc1cc(C)cc(NC(=O)c2ccc3c(=O)n(CCc4ccccc4)c(SCc4cccc(Cl)c4)nc3c2)c1. The quantitative estimate of drug-likeness (QED) is 0.160. The van der Waals surface area contributed by atoms with Crippen molar-refractivity contribution in [3.63, 3.8) is 0 Å². The average molecular weight is 554 g/mol. The summed E-state index contributed by atoms with van der Waals surface area (Å²) in [7, 11) is 0. The van der Waals surface area contributed by atoms with Crippen LogP contribution in [0.15, 0.2) is 101 Å². The molecule has 0 fully saturated rings. The van der Waals surface area contributed by atoms with Gasteiger partial charge in [-0.2, -0.15) is 0 Å². The lowest BCUT2D eigenvalue weighted by molar-refractivity contribution is 0.102. The van der Waals surface area contributed by atoms with Gasteiger partial charge in [-0.25, -0.2) is 4.98 Å². The van der Waals surface area contributed by atoms with Gasteiger partial charge in [0.1, 0.15) is 0 Å². The molecule has 4 aromatic carbocycles. The molecule has 7 heteroatoms. The normalized spacial score (nSPS) is 11.1. The number of aryl methyl sites for hydroxylation is 3. The first-order valence-corrected chi connectivity index (χ1v) is 14.1. The van der Waals surface area contributed by atoms with Crippen molar-refractivity contribution in [2.24, 2.45) is 0 Å². The molecule has 1 heterocycles. The number of amides is 1. The van der Waals surface area contributed by atoms with Gasteiger partial charge in [0.05, 0.1) is 10.9 Å². The van der Waals surface area contributed by atoms with Crippen LogP contribution in [0, 0.1) is 13.8 Å². The number of fused-ring (bicyclic) bond motifs is 1. The van der Waals surface area contributed by atoms with E-state index in [0.717, 1.165) is 27.9 Å². The van der Waals surface area contributed by atoms with Gasteiger partial charge in [0.2, 0.25) is 0 Å². The van der Waals surface area contributed by atoms with E-state index in [1.54, 1.807) is 22.8 Å². The number of aromatic nitrogens is 2. The van der Waals surface area contributed by atoms with Crippen LogP contribution in [-0.2, 0) is 18.7 Å². The van der Waals surface area contributed by atoms with E-state index in [1.165, 1.54) is 11.8 Å². The van der Waals surface area contributed by atoms with Crippen molar-refractivity contribution >= 4 is 45.9 Å². The van der Waals surface area contributed by atoms with Crippen LogP contribution in [0.2, 0.25) is 5.02 Å². The first kappa shape index (κ1) is 26.7. The van der Waals surface area contributed by atoms with Crippen LogP contribution >= 0.6 is 23.4 Å². The molecule has 0 unspecified atom stereocenters. The summed E-state index contributed by atoms with van der Waals surface area (Å²) in [5.74, 6) is 0.363. The van der Waals surface area contributed by atoms with Crippen LogP contribution in [0.3, 0.4) is 0 Å². The largest absolute Gasteiger partial charge is 0.322 e. The highest BCUT2D eigenvalue weighted by Crippen LogP contribution is 2.25. The summed E-state index contributed by atoms with van der Waals surface area (Å²) in [6.07, 6.45) is 0.703. The summed E-state index contributed by atoms with van der Waals surface area (Å²) >= 11 is 7.67. The maximum Gasteiger partial charge on any atom is 0.262 e. The van der Waals surface area contributed by atoms with Gasteiger partial charge in [-0.15, -0.1) is 0 Å². The number of rotatable bonds is 8. The van der Waals surface area contributed by atoms with Gasteiger partial charge in [-0.3, -0.25) is 14.2 Å². The van der Waals surface area contributed by atoms with Gasteiger partial charge in [-0.1, -0.05) is 71.9 Å². The molecule has 5 nitrogen and oxygen atoms in total. The van der Waals surface area contributed by atoms with E-state index < -0.39 is 0 Å². The summed E-state index contributed by atoms with van der Waals surface area (Å²) in [4.78, 5) is 31.6. The molecule has 0 spiro atoms. The smallest absolute Gasteiger partial charge is 0.262 e. The fourth-order valence-electron chi connectivity index (χ4n) is 4.56. The maximum atomic E-state index is 13.7. The Kier molecular flexibility index (Phi) is 8.15. The molecular formula is C32H28ClN3O2S. The number of hydrogen-bond acceptors (Lipinski definition) is 4. The molecule has 0 radical (unpaired) electrons. The molecule has 0 atom stereocenters. The second-order valence-electron chi connectivity index (χ2n) is 9.57. The molecule has 39 heavy (non-hydrogen) atoms. The lowest BCUT2D eigenvalue weighted by Crippen LogP contribution is -2.24. The van der Waals surface area contributed by atoms with Crippen molar-refractivity contribution in [2.75, 3.05) is 5.32 Å². The van der Waals surface area contributed by atoms with E-state index in [0.29, 0.717) is 45.4 Å². The Balaban J connectivity index is 1.48. The highest BCUT2D eigenvalue weighted by molar-refractivity contribution is 7.98. The first-order valence-electron chi connectivity index (χ1n) is 12.7. The van der Waals surface area contributed by atoms with Crippen molar-refractivity contribution in [3.05, 3.63) is 134 Å². The van der Waals surface area contributed by atoms with Gasteiger partial charge in [0.15, 0.2) is 5.16 Å². The highest BCUT2D eigenvalue weighted by atomic mass is 35.5.